The van der Waals surface area contributed by atoms with Crippen LogP contribution in [-0.4, -0.2) is 43.2 Å². The molecule has 6 heteroatoms. The summed E-state index contributed by atoms with van der Waals surface area (Å²) in [6, 6.07) is 5.44. The lowest BCUT2D eigenvalue weighted by Crippen LogP contribution is -2.31. The van der Waals surface area contributed by atoms with E-state index in [0.29, 0.717) is 0 Å². The van der Waals surface area contributed by atoms with Gasteiger partial charge in [0.1, 0.15) is 0 Å². The Morgan fingerprint density at radius 1 is 1.39 bits per heavy atom. The number of rotatable bonds is 7. The fraction of sp³-hybridized carbons (Fsp3) is 0.583. The number of nitrogens with zero attached hydrogens (tertiary/aromatic N) is 2. The highest BCUT2D eigenvalue weighted by Gasteiger charge is 2.18. The SMILES string of the molecule is CC(C)OCCS(=O)(=O)N(C)Cc1ccccn1. The third-order valence-electron chi connectivity index (χ3n) is 2.38. The summed E-state index contributed by atoms with van der Waals surface area (Å²) >= 11 is 0. The maximum absolute atomic E-state index is 11.9. The summed E-state index contributed by atoms with van der Waals surface area (Å²) in [6.45, 7) is 4.26. The summed E-state index contributed by atoms with van der Waals surface area (Å²) in [6.07, 6.45) is 1.69. The normalized spacial score (nSPS) is 12.3. The summed E-state index contributed by atoms with van der Waals surface area (Å²) in [4.78, 5) is 4.10. The molecule has 0 saturated heterocycles. The van der Waals surface area contributed by atoms with Gasteiger partial charge in [0, 0.05) is 13.2 Å². The average molecular weight is 272 g/mol. The van der Waals surface area contributed by atoms with Crippen LogP contribution in [-0.2, 0) is 21.3 Å². The second kappa shape index (κ2) is 6.82. The standard InChI is InChI=1S/C12H20N2O3S/c1-11(2)17-8-9-18(15,16)14(3)10-12-6-4-5-7-13-12/h4-7,11H,8-10H2,1-3H3. The van der Waals surface area contributed by atoms with Crippen LogP contribution in [0.1, 0.15) is 19.5 Å². The molecule has 1 heterocycles. The van der Waals surface area contributed by atoms with Crippen molar-refractivity contribution in [3.8, 4) is 0 Å². The van der Waals surface area contributed by atoms with E-state index in [1.807, 2.05) is 19.9 Å². The van der Waals surface area contributed by atoms with E-state index < -0.39 is 10.0 Å². The molecule has 0 aliphatic heterocycles. The number of ether oxygens (including phenoxy) is 1. The van der Waals surface area contributed by atoms with Crippen molar-refractivity contribution in [3.63, 3.8) is 0 Å². The van der Waals surface area contributed by atoms with Crippen molar-refractivity contribution in [2.24, 2.45) is 0 Å². The Balaban J connectivity index is 2.52. The molecule has 1 aromatic heterocycles. The van der Waals surface area contributed by atoms with Crippen molar-refractivity contribution in [2.75, 3.05) is 19.4 Å². The van der Waals surface area contributed by atoms with Gasteiger partial charge in [-0.25, -0.2) is 8.42 Å². The van der Waals surface area contributed by atoms with Gasteiger partial charge in [0.05, 0.1) is 30.7 Å². The molecule has 0 unspecified atom stereocenters. The van der Waals surface area contributed by atoms with E-state index in [1.165, 1.54) is 4.31 Å². The van der Waals surface area contributed by atoms with Gasteiger partial charge < -0.3 is 4.74 Å². The number of pyridine rings is 1. The molecule has 1 aromatic rings. The fourth-order valence-electron chi connectivity index (χ4n) is 1.36. The largest absolute Gasteiger partial charge is 0.378 e. The topological polar surface area (TPSA) is 59.5 Å². The van der Waals surface area contributed by atoms with Gasteiger partial charge >= 0.3 is 0 Å². The Kier molecular flexibility index (Phi) is 5.71. The van der Waals surface area contributed by atoms with E-state index in [1.54, 1.807) is 25.4 Å². The summed E-state index contributed by atoms with van der Waals surface area (Å²) in [5.74, 6) is -0.00544. The van der Waals surface area contributed by atoms with Crippen molar-refractivity contribution in [2.45, 2.75) is 26.5 Å². The molecule has 0 saturated carbocycles. The summed E-state index contributed by atoms with van der Waals surface area (Å²) < 4.78 is 30.4. The first-order chi connectivity index (χ1) is 8.42. The third-order valence-corrected chi connectivity index (χ3v) is 4.14. The molecule has 0 aliphatic rings. The molecular formula is C12H20N2O3S. The van der Waals surface area contributed by atoms with Gasteiger partial charge in [-0.1, -0.05) is 6.07 Å². The summed E-state index contributed by atoms with van der Waals surface area (Å²) in [5, 5.41) is 0. The van der Waals surface area contributed by atoms with Crippen LogP contribution in [0, 0.1) is 0 Å². The monoisotopic (exact) mass is 272 g/mol. The number of aromatic nitrogens is 1. The Morgan fingerprint density at radius 3 is 2.67 bits per heavy atom. The predicted molar refractivity (Wildman–Crippen MR) is 70.6 cm³/mol. The molecule has 0 aromatic carbocycles. The molecule has 0 radical (unpaired) electrons. The lowest BCUT2D eigenvalue weighted by atomic mass is 10.3. The fourth-order valence-corrected chi connectivity index (χ4v) is 2.31. The van der Waals surface area contributed by atoms with Crippen LogP contribution in [0.15, 0.2) is 24.4 Å². The summed E-state index contributed by atoms with van der Waals surface area (Å²) in [5.41, 5.74) is 0.730. The molecule has 0 atom stereocenters. The van der Waals surface area contributed by atoms with Gasteiger partial charge in [0.2, 0.25) is 10.0 Å². The van der Waals surface area contributed by atoms with Gasteiger partial charge in [-0.3, -0.25) is 4.98 Å². The van der Waals surface area contributed by atoms with Crippen molar-refractivity contribution in [1.82, 2.24) is 9.29 Å². The number of sulfonamides is 1. The van der Waals surface area contributed by atoms with E-state index in [0.717, 1.165) is 5.69 Å². The maximum atomic E-state index is 11.9. The molecular weight excluding hydrogens is 252 g/mol. The number of hydrogen-bond donors (Lipinski definition) is 0. The zero-order valence-electron chi connectivity index (χ0n) is 11.0. The Labute approximate surface area is 109 Å². The van der Waals surface area contributed by atoms with Gasteiger partial charge in [-0.2, -0.15) is 4.31 Å². The molecule has 0 spiro atoms. The Hall–Kier alpha value is -0.980. The van der Waals surface area contributed by atoms with Gasteiger partial charge in [-0.15, -0.1) is 0 Å². The highest BCUT2D eigenvalue weighted by Crippen LogP contribution is 2.05. The molecule has 0 bridgehead atoms. The van der Waals surface area contributed by atoms with Gasteiger partial charge in [0.25, 0.3) is 0 Å². The molecule has 0 N–H and O–H groups in total. The Bertz CT molecular complexity index is 446. The first-order valence-electron chi connectivity index (χ1n) is 5.87. The first kappa shape index (κ1) is 15.1. The highest BCUT2D eigenvalue weighted by molar-refractivity contribution is 7.89. The molecule has 102 valence electrons. The summed E-state index contributed by atoms with van der Waals surface area (Å²) in [7, 11) is -1.73. The zero-order chi connectivity index (χ0) is 13.6. The van der Waals surface area contributed by atoms with Gasteiger partial charge in [0.15, 0.2) is 0 Å². The van der Waals surface area contributed by atoms with Crippen LogP contribution in [0.4, 0.5) is 0 Å². The first-order valence-corrected chi connectivity index (χ1v) is 7.48. The van der Waals surface area contributed by atoms with Crippen LogP contribution in [0.5, 0.6) is 0 Å². The van der Waals surface area contributed by atoms with Crippen molar-refractivity contribution in [3.05, 3.63) is 30.1 Å². The molecule has 0 aliphatic carbocycles. The third kappa shape index (κ3) is 5.12. The average Bonchev–Trinajstić information content (AvgIpc) is 2.29. The van der Waals surface area contributed by atoms with E-state index in [-0.39, 0.29) is 25.0 Å². The molecule has 0 amide bonds. The van der Waals surface area contributed by atoms with Crippen LogP contribution >= 0.6 is 0 Å². The number of hydrogen-bond acceptors (Lipinski definition) is 4. The maximum Gasteiger partial charge on any atom is 0.216 e. The van der Waals surface area contributed by atoms with Gasteiger partial charge in [-0.05, 0) is 26.0 Å². The Morgan fingerprint density at radius 2 is 2.11 bits per heavy atom. The lowest BCUT2D eigenvalue weighted by Gasteiger charge is -2.17. The molecule has 5 nitrogen and oxygen atoms in total. The van der Waals surface area contributed by atoms with E-state index in [4.69, 9.17) is 4.74 Å². The van der Waals surface area contributed by atoms with Crippen LogP contribution in [0.25, 0.3) is 0 Å². The van der Waals surface area contributed by atoms with E-state index in [2.05, 4.69) is 4.98 Å². The predicted octanol–water partition coefficient (Wildman–Crippen LogP) is 1.27. The molecule has 0 fully saturated rings. The molecule has 18 heavy (non-hydrogen) atoms. The second-order valence-corrected chi connectivity index (χ2v) is 6.51. The van der Waals surface area contributed by atoms with Crippen molar-refractivity contribution >= 4 is 10.0 Å². The van der Waals surface area contributed by atoms with Crippen molar-refractivity contribution < 1.29 is 13.2 Å². The quantitative estimate of drug-likeness (QED) is 0.750. The molecule has 1 rings (SSSR count). The van der Waals surface area contributed by atoms with E-state index >= 15 is 0 Å². The zero-order valence-corrected chi connectivity index (χ0v) is 11.9. The minimum Gasteiger partial charge on any atom is -0.378 e. The van der Waals surface area contributed by atoms with E-state index in [9.17, 15) is 8.42 Å². The smallest absolute Gasteiger partial charge is 0.216 e. The van der Waals surface area contributed by atoms with Crippen LogP contribution in [0.3, 0.4) is 0 Å². The minimum absolute atomic E-state index is 0.00544. The van der Waals surface area contributed by atoms with Crippen LogP contribution < -0.4 is 0 Å². The second-order valence-electron chi connectivity index (χ2n) is 4.31. The minimum atomic E-state index is -3.29. The van der Waals surface area contributed by atoms with Crippen LogP contribution in [0.2, 0.25) is 0 Å². The lowest BCUT2D eigenvalue weighted by molar-refractivity contribution is 0.0907. The van der Waals surface area contributed by atoms with Crippen molar-refractivity contribution in [1.29, 1.82) is 0 Å². The highest BCUT2D eigenvalue weighted by atomic mass is 32.2.